The molecule has 2 fully saturated rings. The van der Waals surface area contributed by atoms with Gasteiger partial charge in [0, 0.05) is 23.9 Å². The number of aliphatic hydroxyl groups excluding tert-OH is 1. The van der Waals surface area contributed by atoms with Crippen LogP contribution in [-0.2, 0) is 4.74 Å². The minimum atomic E-state index is -0.951. The van der Waals surface area contributed by atoms with Crippen LogP contribution in [0.4, 0.5) is 9.18 Å². The predicted octanol–water partition coefficient (Wildman–Crippen LogP) is 3.57. The number of carbonyl (C=O) groups excluding carboxylic acids is 2. The Morgan fingerprint density at radius 1 is 1.24 bits per heavy atom. The fourth-order valence-electron chi connectivity index (χ4n) is 4.55. The zero-order valence-electron chi connectivity index (χ0n) is 21.9. The number of benzene rings is 1. The van der Waals surface area contributed by atoms with E-state index in [1.165, 1.54) is 23.4 Å². The molecular formula is C27H32FN5O5. The molecule has 3 aromatic rings. The van der Waals surface area contributed by atoms with Crippen LogP contribution in [0.15, 0.2) is 24.5 Å². The van der Waals surface area contributed by atoms with Crippen molar-refractivity contribution in [2.24, 2.45) is 5.92 Å². The second kappa shape index (κ2) is 9.86. The molecular weight excluding hydrogens is 493 g/mol. The number of aromatic amines is 1. The number of halogens is 1. The third-order valence-corrected chi connectivity index (χ3v) is 6.63. The van der Waals surface area contributed by atoms with Crippen LogP contribution in [-0.4, -0.2) is 74.4 Å². The van der Waals surface area contributed by atoms with Crippen LogP contribution in [0.5, 0.6) is 5.75 Å². The molecule has 0 unspecified atom stereocenters. The summed E-state index contributed by atoms with van der Waals surface area (Å²) in [5.74, 6) is 0.00384. The maximum atomic E-state index is 14.0. The number of H-pyrrole nitrogens is 1. The number of aromatic nitrogens is 3. The fourth-order valence-corrected chi connectivity index (χ4v) is 4.55. The predicted molar refractivity (Wildman–Crippen MR) is 137 cm³/mol. The summed E-state index contributed by atoms with van der Waals surface area (Å²) in [5.41, 5.74) is 2.16. The number of hydrogen-bond donors (Lipinski definition) is 3. The zero-order chi connectivity index (χ0) is 27.2. The minimum absolute atomic E-state index is 0.0489. The molecule has 38 heavy (non-hydrogen) atoms. The fraction of sp³-hybridized carbons (Fsp3) is 0.481. The SMILES string of the molecule is Cc1[nH]c2c(-c3ccc(F)cc3OCC3CC3)ncnc2c1C(=O)N[C@@H]1CN(C(=O)OC(C)(C)C)C[C@H]1O. The van der Waals surface area contributed by atoms with Gasteiger partial charge in [-0.25, -0.2) is 19.2 Å². The van der Waals surface area contributed by atoms with Gasteiger partial charge in [0.25, 0.3) is 5.91 Å². The van der Waals surface area contributed by atoms with Crippen LogP contribution in [0.25, 0.3) is 22.3 Å². The number of nitrogens with one attached hydrogen (secondary N) is 2. The first-order valence-electron chi connectivity index (χ1n) is 12.7. The first-order valence-corrected chi connectivity index (χ1v) is 12.7. The highest BCUT2D eigenvalue weighted by Crippen LogP contribution is 2.36. The highest BCUT2D eigenvalue weighted by Gasteiger charge is 2.37. The van der Waals surface area contributed by atoms with Gasteiger partial charge >= 0.3 is 6.09 Å². The van der Waals surface area contributed by atoms with E-state index in [9.17, 15) is 19.1 Å². The van der Waals surface area contributed by atoms with E-state index in [-0.39, 0.29) is 13.1 Å². The second-order valence-corrected chi connectivity index (χ2v) is 11.0. The number of likely N-dealkylation sites (tertiary alicyclic amines) is 1. The quantitative estimate of drug-likeness (QED) is 0.449. The number of β-amino-alcohol motifs (C(OH)–C–C–N with tert-alkyl or cyclic N) is 1. The summed E-state index contributed by atoms with van der Waals surface area (Å²) >= 11 is 0. The van der Waals surface area contributed by atoms with Crippen LogP contribution < -0.4 is 10.1 Å². The molecule has 1 aliphatic carbocycles. The Morgan fingerprint density at radius 2 is 2.00 bits per heavy atom. The van der Waals surface area contributed by atoms with Gasteiger partial charge in [-0.15, -0.1) is 0 Å². The van der Waals surface area contributed by atoms with Crippen LogP contribution >= 0.6 is 0 Å². The molecule has 3 N–H and O–H groups in total. The number of nitrogens with zero attached hydrogens (tertiary/aromatic N) is 3. The minimum Gasteiger partial charge on any atom is -0.492 e. The molecule has 1 aromatic carbocycles. The molecule has 2 amide bonds. The molecule has 1 saturated heterocycles. The molecule has 2 aliphatic rings. The van der Waals surface area contributed by atoms with Crippen LogP contribution in [0.1, 0.15) is 49.7 Å². The molecule has 11 heteroatoms. The van der Waals surface area contributed by atoms with Crippen LogP contribution in [0.2, 0.25) is 0 Å². The summed E-state index contributed by atoms with van der Waals surface area (Å²) in [6, 6.07) is 3.61. The molecule has 2 aromatic heterocycles. The Morgan fingerprint density at radius 3 is 2.71 bits per heavy atom. The lowest BCUT2D eigenvalue weighted by atomic mass is 10.1. The summed E-state index contributed by atoms with van der Waals surface area (Å²) < 4.78 is 25.4. The van der Waals surface area contributed by atoms with Crippen molar-refractivity contribution in [3.63, 3.8) is 0 Å². The summed E-state index contributed by atoms with van der Waals surface area (Å²) in [4.78, 5) is 39.2. The first kappa shape index (κ1) is 25.9. The van der Waals surface area contributed by atoms with Gasteiger partial charge in [0.15, 0.2) is 0 Å². The van der Waals surface area contributed by atoms with Gasteiger partial charge < -0.3 is 29.8 Å². The maximum absolute atomic E-state index is 14.0. The van der Waals surface area contributed by atoms with Gasteiger partial charge in [0.1, 0.15) is 34.7 Å². The van der Waals surface area contributed by atoms with Gasteiger partial charge in [0.05, 0.1) is 36.4 Å². The van der Waals surface area contributed by atoms with E-state index in [1.807, 2.05) is 0 Å². The number of fused-ring (bicyclic) bond motifs is 1. The number of carbonyl (C=O) groups is 2. The number of ether oxygens (including phenoxy) is 2. The molecule has 3 heterocycles. The monoisotopic (exact) mass is 525 g/mol. The third kappa shape index (κ3) is 5.42. The van der Waals surface area contributed by atoms with E-state index in [0.29, 0.717) is 51.8 Å². The molecule has 0 spiro atoms. The van der Waals surface area contributed by atoms with Gasteiger partial charge in [-0.2, -0.15) is 0 Å². The summed E-state index contributed by atoms with van der Waals surface area (Å²) in [7, 11) is 0. The molecule has 1 saturated carbocycles. The average Bonchev–Trinajstić information content (AvgIpc) is 3.50. The molecule has 10 nitrogen and oxygen atoms in total. The van der Waals surface area contributed by atoms with Crippen molar-refractivity contribution in [2.45, 2.75) is 58.3 Å². The smallest absolute Gasteiger partial charge is 0.410 e. The van der Waals surface area contributed by atoms with E-state index >= 15 is 0 Å². The summed E-state index contributed by atoms with van der Waals surface area (Å²) in [5, 5.41) is 13.4. The summed E-state index contributed by atoms with van der Waals surface area (Å²) in [6.07, 6.45) is 2.05. The van der Waals surface area contributed by atoms with Crippen molar-refractivity contribution in [2.75, 3.05) is 19.7 Å². The Kier molecular flexibility index (Phi) is 6.72. The van der Waals surface area contributed by atoms with Gasteiger partial charge in [0.2, 0.25) is 0 Å². The second-order valence-electron chi connectivity index (χ2n) is 11.0. The maximum Gasteiger partial charge on any atom is 0.410 e. The normalized spacial score (nSPS) is 19.6. The van der Waals surface area contributed by atoms with E-state index < -0.39 is 35.6 Å². The van der Waals surface area contributed by atoms with E-state index in [0.717, 1.165) is 12.8 Å². The lowest BCUT2D eigenvalue weighted by molar-refractivity contribution is 0.0269. The van der Waals surface area contributed by atoms with Crippen LogP contribution in [0.3, 0.4) is 0 Å². The Bertz CT molecular complexity index is 1380. The molecule has 5 rings (SSSR count). The topological polar surface area (TPSA) is 130 Å². The van der Waals surface area contributed by atoms with Crippen molar-refractivity contribution in [3.8, 4) is 17.0 Å². The van der Waals surface area contributed by atoms with Gasteiger partial charge in [-0.3, -0.25) is 4.79 Å². The summed E-state index contributed by atoms with van der Waals surface area (Å²) in [6.45, 7) is 7.70. The molecule has 0 bridgehead atoms. The molecule has 2 atom stereocenters. The van der Waals surface area contributed by atoms with E-state index in [4.69, 9.17) is 9.47 Å². The number of amides is 2. The van der Waals surface area contributed by atoms with Gasteiger partial charge in [-0.1, -0.05) is 0 Å². The Hall–Kier alpha value is -3.73. The molecule has 0 radical (unpaired) electrons. The van der Waals surface area contributed by atoms with Gasteiger partial charge in [-0.05, 0) is 58.6 Å². The lowest BCUT2D eigenvalue weighted by Gasteiger charge is -2.24. The third-order valence-electron chi connectivity index (χ3n) is 6.63. The highest BCUT2D eigenvalue weighted by atomic mass is 19.1. The number of hydrogen-bond acceptors (Lipinski definition) is 7. The number of rotatable bonds is 6. The van der Waals surface area contributed by atoms with Crippen molar-refractivity contribution >= 4 is 23.0 Å². The average molecular weight is 526 g/mol. The largest absolute Gasteiger partial charge is 0.492 e. The van der Waals surface area contributed by atoms with Crippen LogP contribution in [0, 0.1) is 18.7 Å². The van der Waals surface area contributed by atoms with Crippen molar-refractivity contribution in [1.29, 1.82) is 0 Å². The van der Waals surface area contributed by atoms with E-state index in [2.05, 4.69) is 20.3 Å². The number of aliphatic hydroxyl groups is 1. The first-order chi connectivity index (χ1) is 18.0. The van der Waals surface area contributed by atoms with Crippen molar-refractivity contribution < 1.29 is 28.6 Å². The lowest BCUT2D eigenvalue weighted by Crippen LogP contribution is -2.43. The Balaban J connectivity index is 1.40. The standard InChI is InChI=1S/C27H32FN5O5/c1-14-21(25(35)32-18-10-33(11-19(18)34)26(36)38-27(2,3)4)23-24(31-14)22(29-13-30-23)17-8-7-16(28)9-20(17)37-12-15-5-6-15/h7-9,13,15,18-19,31,34H,5-6,10-12H2,1-4H3,(H,32,35)/t18-,19-/m1/s1. The number of aryl methyl sites for hydroxylation is 1. The van der Waals surface area contributed by atoms with E-state index in [1.54, 1.807) is 33.8 Å². The van der Waals surface area contributed by atoms with Crippen molar-refractivity contribution in [1.82, 2.24) is 25.2 Å². The van der Waals surface area contributed by atoms with Crippen molar-refractivity contribution in [3.05, 3.63) is 41.6 Å². The highest BCUT2D eigenvalue weighted by molar-refractivity contribution is 6.09. The zero-order valence-corrected chi connectivity index (χ0v) is 21.9. The molecule has 202 valence electrons. The molecule has 1 aliphatic heterocycles. The Labute approximate surface area is 219 Å².